The minimum absolute atomic E-state index is 0.123. The molecule has 80 valence electrons. The van der Waals surface area contributed by atoms with Crippen LogP contribution in [0.25, 0.3) is 5.76 Å². The van der Waals surface area contributed by atoms with Crippen molar-refractivity contribution in [2.24, 2.45) is 0 Å². The predicted molar refractivity (Wildman–Crippen MR) is 59.1 cm³/mol. The molecule has 0 aliphatic heterocycles. The number of benzene rings is 1. The fourth-order valence-electron chi connectivity index (χ4n) is 1.13. The van der Waals surface area contributed by atoms with Crippen LogP contribution in [-0.4, -0.2) is 17.7 Å². The normalized spacial score (nSPS) is 9.73. The molecule has 0 amide bonds. The molecule has 0 fully saturated rings. The highest BCUT2D eigenvalue weighted by Gasteiger charge is 2.08. The zero-order valence-corrected chi connectivity index (χ0v) is 9.04. The molecule has 0 bridgehead atoms. The van der Waals surface area contributed by atoms with E-state index in [0.29, 0.717) is 23.0 Å². The minimum atomic E-state index is -1.02. The van der Waals surface area contributed by atoms with Gasteiger partial charge in [0.15, 0.2) is 0 Å². The molecular formula is C11H11ClO3. The molecule has 0 aromatic heterocycles. The number of carboxylic acids is 1. The first-order chi connectivity index (χ1) is 7.04. The third kappa shape index (κ3) is 2.99. The summed E-state index contributed by atoms with van der Waals surface area (Å²) in [5, 5.41) is 9.17. The smallest absolute Gasteiger partial charge is 0.335 e. The minimum Gasteiger partial charge on any atom is -0.494 e. The second-order valence-electron chi connectivity index (χ2n) is 2.89. The standard InChI is InChI=1S/C11H11ClO3/c1-3-15-7(2)8-4-9(11(13)14)6-10(12)5-8/h4-6H,2-3H2,1H3,(H,13,14). The lowest BCUT2D eigenvalue weighted by molar-refractivity contribution is 0.0697. The lowest BCUT2D eigenvalue weighted by atomic mass is 10.1. The molecule has 1 aromatic rings. The number of halogens is 1. The number of hydrogen-bond acceptors (Lipinski definition) is 2. The lowest BCUT2D eigenvalue weighted by Crippen LogP contribution is -1.98. The maximum absolute atomic E-state index is 10.8. The number of ether oxygens (including phenoxy) is 1. The molecule has 0 atom stereocenters. The second kappa shape index (κ2) is 4.84. The molecule has 0 aliphatic carbocycles. The molecule has 0 unspecified atom stereocenters. The maximum atomic E-state index is 10.8. The maximum Gasteiger partial charge on any atom is 0.335 e. The van der Waals surface area contributed by atoms with Gasteiger partial charge in [-0.15, -0.1) is 0 Å². The van der Waals surface area contributed by atoms with Crippen LogP contribution in [0.5, 0.6) is 0 Å². The molecule has 1 N–H and O–H groups in total. The molecule has 0 spiro atoms. The third-order valence-electron chi connectivity index (χ3n) is 1.79. The van der Waals surface area contributed by atoms with Crippen LogP contribution in [0.3, 0.4) is 0 Å². The molecule has 4 heteroatoms. The SMILES string of the molecule is C=C(OCC)c1cc(Cl)cc(C(=O)O)c1. The van der Waals surface area contributed by atoms with Gasteiger partial charge in [0.1, 0.15) is 5.76 Å². The summed E-state index contributed by atoms with van der Waals surface area (Å²) in [7, 11) is 0. The molecule has 3 nitrogen and oxygen atoms in total. The largest absolute Gasteiger partial charge is 0.494 e. The molecule has 0 saturated carbocycles. The van der Waals surface area contributed by atoms with E-state index in [0.717, 1.165) is 0 Å². The van der Waals surface area contributed by atoms with E-state index in [4.69, 9.17) is 21.4 Å². The first kappa shape index (κ1) is 11.6. The van der Waals surface area contributed by atoms with Crippen LogP contribution in [0, 0.1) is 0 Å². The summed E-state index contributed by atoms with van der Waals surface area (Å²) in [5.74, 6) is -0.606. The van der Waals surface area contributed by atoms with Crippen molar-refractivity contribution in [3.63, 3.8) is 0 Å². The number of rotatable bonds is 4. The van der Waals surface area contributed by atoms with Gasteiger partial charge < -0.3 is 9.84 Å². The molecule has 15 heavy (non-hydrogen) atoms. The van der Waals surface area contributed by atoms with Crippen LogP contribution < -0.4 is 0 Å². The fourth-order valence-corrected chi connectivity index (χ4v) is 1.37. The van der Waals surface area contributed by atoms with Crippen LogP contribution in [-0.2, 0) is 4.74 Å². The van der Waals surface area contributed by atoms with E-state index >= 15 is 0 Å². The van der Waals surface area contributed by atoms with Crippen molar-refractivity contribution in [3.8, 4) is 0 Å². The number of hydrogen-bond donors (Lipinski definition) is 1. The lowest BCUT2D eigenvalue weighted by Gasteiger charge is -2.08. The van der Waals surface area contributed by atoms with E-state index in [2.05, 4.69) is 6.58 Å². The Morgan fingerprint density at radius 2 is 2.07 bits per heavy atom. The highest BCUT2D eigenvalue weighted by molar-refractivity contribution is 6.31. The van der Waals surface area contributed by atoms with Gasteiger partial charge in [0.05, 0.1) is 12.2 Å². The average Bonchev–Trinajstić information content (AvgIpc) is 2.17. The number of carbonyl (C=O) groups is 1. The summed E-state index contributed by atoms with van der Waals surface area (Å²) in [6.07, 6.45) is 0. The number of aromatic carboxylic acids is 1. The van der Waals surface area contributed by atoms with E-state index in [-0.39, 0.29) is 5.56 Å². The first-order valence-electron chi connectivity index (χ1n) is 4.40. The van der Waals surface area contributed by atoms with Crippen LogP contribution in [0.1, 0.15) is 22.8 Å². The Hall–Kier alpha value is -1.48. The molecule has 0 heterocycles. The van der Waals surface area contributed by atoms with Crippen molar-refractivity contribution in [3.05, 3.63) is 40.9 Å². The quantitative estimate of drug-likeness (QED) is 0.803. The Balaban J connectivity index is 3.09. The highest BCUT2D eigenvalue weighted by atomic mass is 35.5. The van der Waals surface area contributed by atoms with Gasteiger partial charge in [-0.2, -0.15) is 0 Å². The van der Waals surface area contributed by atoms with Gasteiger partial charge in [0.2, 0.25) is 0 Å². The number of carboxylic acid groups (broad SMARTS) is 1. The van der Waals surface area contributed by atoms with E-state index in [9.17, 15) is 4.79 Å². The van der Waals surface area contributed by atoms with E-state index in [1.54, 1.807) is 6.07 Å². The van der Waals surface area contributed by atoms with Gasteiger partial charge in [-0.25, -0.2) is 4.79 Å². The van der Waals surface area contributed by atoms with E-state index in [1.807, 2.05) is 6.92 Å². The van der Waals surface area contributed by atoms with Crippen LogP contribution in [0.2, 0.25) is 5.02 Å². The van der Waals surface area contributed by atoms with Crippen LogP contribution in [0.4, 0.5) is 0 Å². The Kier molecular flexibility index (Phi) is 3.74. The summed E-state index contributed by atoms with van der Waals surface area (Å²) >= 11 is 5.78. The monoisotopic (exact) mass is 226 g/mol. The van der Waals surface area contributed by atoms with Crippen molar-refractivity contribution in [2.45, 2.75) is 6.92 Å². The van der Waals surface area contributed by atoms with Gasteiger partial charge in [0, 0.05) is 10.6 Å². The summed E-state index contributed by atoms with van der Waals surface area (Å²) < 4.78 is 5.17. The summed E-state index contributed by atoms with van der Waals surface area (Å²) in [6, 6.07) is 4.48. The van der Waals surface area contributed by atoms with Gasteiger partial charge >= 0.3 is 5.97 Å². The molecule has 0 saturated heterocycles. The van der Waals surface area contributed by atoms with Gasteiger partial charge in [-0.05, 0) is 25.1 Å². The van der Waals surface area contributed by atoms with E-state index < -0.39 is 5.97 Å². The van der Waals surface area contributed by atoms with Gasteiger partial charge in [0.25, 0.3) is 0 Å². The van der Waals surface area contributed by atoms with Gasteiger partial charge in [-0.1, -0.05) is 18.2 Å². The van der Waals surface area contributed by atoms with Crippen molar-refractivity contribution < 1.29 is 14.6 Å². The summed E-state index contributed by atoms with van der Waals surface area (Å²) in [6.45, 7) is 5.99. The molecule has 1 aromatic carbocycles. The zero-order chi connectivity index (χ0) is 11.4. The topological polar surface area (TPSA) is 46.5 Å². The van der Waals surface area contributed by atoms with Crippen LogP contribution in [0.15, 0.2) is 24.8 Å². The molecule has 0 radical (unpaired) electrons. The molecular weight excluding hydrogens is 216 g/mol. The fraction of sp³-hybridized carbons (Fsp3) is 0.182. The summed E-state index contributed by atoms with van der Waals surface area (Å²) in [4.78, 5) is 10.8. The van der Waals surface area contributed by atoms with Crippen molar-refractivity contribution >= 4 is 23.3 Å². The van der Waals surface area contributed by atoms with Crippen molar-refractivity contribution in [2.75, 3.05) is 6.61 Å². The second-order valence-corrected chi connectivity index (χ2v) is 3.33. The average molecular weight is 227 g/mol. The van der Waals surface area contributed by atoms with Crippen LogP contribution >= 0.6 is 11.6 Å². The molecule has 1 rings (SSSR count). The highest BCUT2D eigenvalue weighted by Crippen LogP contribution is 2.21. The Bertz CT molecular complexity index is 399. The third-order valence-corrected chi connectivity index (χ3v) is 2.00. The van der Waals surface area contributed by atoms with Crippen molar-refractivity contribution in [1.29, 1.82) is 0 Å². The Labute approximate surface area is 92.9 Å². The predicted octanol–water partition coefficient (Wildman–Crippen LogP) is 3.05. The molecule has 0 aliphatic rings. The summed E-state index contributed by atoms with van der Waals surface area (Å²) in [5.41, 5.74) is 0.708. The Morgan fingerprint density at radius 1 is 1.47 bits per heavy atom. The van der Waals surface area contributed by atoms with Crippen molar-refractivity contribution in [1.82, 2.24) is 0 Å². The Morgan fingerprint density at radius 3 is 2.60 bits per heavy atom. The van der Waals surface area contributed by atoms with Gasteiger partial charge in [-0.3, -0.25) is 0 Å². The first-order valence-corrected chi connectivity index (χ1v) is 4.78. The van der Waals surface area contributed by atoms with E-state index in [1.165, 1.54) is 12.1 Å². The zero-order valence-electron chi connectivity index (χ0n) is 8.29.